The molecule has 1 aromatic carbocycles. The summed E-state index contributed by atoms with van der Waals surface area (Å²) in [5, 5.41) is 4.08. The first-order chi connectivity index (χ1) is 11.8. The van der Waals surface area contributed by atoms with Gasteiger partial charge < -0.3 is 0 Å². The maximum absolute atomic E-state index is 14.3. The summed E-state index contributed by atoms with van der Waals surface area (Å²) < 4.78 is 66.2. The van der Waals surface area contributed by atoms with Gasteiger partial charge in [-0.3, -0.25) is 13.9 Å². The molecule has 2 aromatic heterocycles. The quantitative estimate of drug-likeness (QED) is 0.652. The summed E-state index contributed by atoms with van der Waals surface area (Å²) in [6.45, 7) is 1.77. The molecule has 0 saturated carbocycles. The van der Waals surface area contributed by atoms with E-state index in [1.807, 2.05) is 0 Å². The van der Waals surface area contributed by atoms with Crippen molar-refractivity contribution >= 4 is 21.8 Å². The Morgan fingerprint density at radius 2 is 2.00 bits per heavy atom. The van der Waals surface area contributed by atoms with Crippen LogP contribution in [0.3, 0.4) is 0 Å². The standard InChI is InChI=1S/C16H13F4N3OS/c1-2-25(24)9-23-14-6-10(7-21-13(14)8-22-23)11-4-3-5-12(15(11)17)16(18,19)20/h3-8H,2,9H2,1H3/t25-/m1/s1. The Hall–Kier alpha value is -2.29. The Morgan fingerprint density at radius 3 is 2.68 bits per heavy atom. The lowest BCUT2D eigenvalue weighted by molar-refractivity contribution is -0.139. The summed E-state index contributed by atoms with van der Waals surface area (Å²) in [6, 6.07) is 4.60. The summed E-state index contributed by atoms with van der Waals surface area (Å²) in [6.07, 6.45) is -2.02. The van der Waals surface area contributed by atoms with Crippen molar-refractivity contribution in [1.82, 2.24) is 14.8 Å². The molecule has 2 heterocycles. The van der Waals surface area contributed by atoms with Gasteiger partial charge in [0.05, 0.1) is 17.3 Å². The van der Waals surface area contributed by atoms with Crippen molar-refractivity contribution < 1.29 is 21.8 Å². The Kier molecular flexibility index (Phi) is 4.59. The highest BCUT2D eigenvalue weighted by atomic mass is 32.2. The van der Waals surface area contributed by atoms with Crippen LogP contribution in [0.2, 0.25) is 0 Å². The molecule has 0 bridgehead atoms. The second-order valence-electron chi connectivity index (χ2n) is 5.29. The van der Waals surface area contributed by atoms with E-state index < -0.39 is 28.4 Å². The molecule has 0 fully saturated rings. The number of aromatic nitrogens is 3. The van der Waals surface area contributed by atoms with Gasteiger partial charge in [0.2, 0.25) is 0 Å². The molecule has 9 heteroatoms. The lowest BCUT2D eigenvalue weighted by atomic mass is 10.0. The monoisotopic (exact) mass is 371 g/mol. The van der Waals surface area contributed by atoms with Crippen LogP contribution in [-0.4, -0.2) is 24.7 Å². The van der Waals surface area contributed by atoms with E-state index in [0.29, 0.717) is 22.9 Å². The average Bonchev–Trinajstić information content (AvgIpc) is 2.96. The third-order valence-corrected chi connectivity index (χ3v) is 4.87. The lowest BCUT2D eigenvalue weighted by Crippen LogP contribution is -2.09. The van der Waals surface area contributed by atoms with Crippen molar-refractivity contribution in [2.24, 2.45) is 0 Å². The predicted molar refractivity (Wildman–Crippen MR) is 86.6 cm³/mol. The Bertz CT molecular complexity index is 952. The van der Waals surface area contributed by atoms with Crippen molar-refractivity contribution in [2.75, 3.05) is 5.75 Å². The number of rotatable bonds is 4. The second-order valence-corrected chi connectivity index (χ2v) is 7.01. The molecular weight excluding hydrogens is 358 g/mol. The summed E-state index contributed by atoms with van der Waals surface area (Å²) in [5.41, 5.74) is -0.361. The molecular formula is C16H13F4N3OS. The molecule has 0 saturated heterocycles. The Morgan fingerprint density at radius 1 is 1.24 bits per heavy atom. The van der Waals surface area contributed by atoms with Gasteiger partial charge in [0, 0.05) is 33.9 Å². The highest BCUT2D eigenvalue weighted by molar-refractivity contribution is 7.83. The van der Waals surface area contributed by atoms with Gasteiger partial charge in [-0.15, -0.1) is 0 Å². The zero-order chi connectivity index (χ0) is 18.2. The molecule has 0 amide bonds. The van der Waals surface area contributed by atoms with Crippen LogP contribution in [0.5, 0.6) is 0 Å². The number of benzene rings is 1. The number of nitrogens with zero attached hydrogens (tertiary/aromatic N) is 3. The predicted octanol–water partition coefficient (Wildman–Crippen LogP) is 3.98. The molecule has 25 heavy (non-hydrogen) atoms. The van der Waals surface area contributed by atoms with Crippen molar-refractivity contribution in [3.05, 3.63) is 48.0 Å². The fourth-order valence-electron chi connectivity index (χ4n) is 2.41. The zero-order valence-corrected chi connectivity index (χ0v) is 13.9. The Balaban J connectivity index is 2.11. The number of alkyl halides is 3. The van der Waals surface area contributed by atoms with Crippen LogP contribution in [0.15, 0.2) is 36.7 Å². The van der Waals surface area contributed by atoms with Crippen molar-refractivity contribution in [3.63, 3.8) is 0 Å². The normalized spacial score (nSPS) is 13.3. The summed E-state index contributed by atoms with van der Waals surface area (Å²) >= 11 is 0. The molecule has 1 atom stereocenters. The van der Waals surface area contributed by atoms with E-state index in [1.54, 1.807) is 6.92 Å². The third-order valence-electron chi connectivity index (χ3n) is 3.70. The van der Waals surface area contributed by atoms with Crippen LogP contribution in [0.4, 0.5) is 17.6 Å². The molecule has 0 aliphatic carbocycles. The van der Waals surface area contributed by atoms with Gasteiger partial charge in [0.25, 0.3) is 0 Å². The van der Waals surface area contributed by atoms with Crippen LogP contribution in [0, 0.1) is 5.82 Å². The SMILES string of the molecule is CC[S@@](=O)Cn1ncc2ncc(-c3cccc(C(F)(F)F)c3F)cc21. The molecule has 0 radical (unpaired) electrons. The zero-order valence-electron chi connectivity index (χ0n) is 13.0. The van der Waals surface area contributed by atoms with E-state index >= 15 is 0 Å². The molecule has 0 aliphatic rings. The van der Waals surface area contributed by atoms with Gasteiger partial charge in [-0.25, -0.2) is 4.39 Å². The van der Waals surface area contributed by atoms with E-state index in [1.165, 1.54) is 29.2 Å². The minimum Gasteiger partial charge on any atom is -0.258 e. The number of hydrogen-bond donors (Lipinski definition) is 0. The smallest absolute Gasteiger partial charge is 0.258 e. The summed E-state index contributed by atoms with van der Waals surface area (Å²) in [7, 11) is -1.13. The van der Waals surface area contributed by atoms with Gasteiger partial charge in [-0.1, -0.05) is 19.1 Å². The van der Waals surface area contributed by atoms with Crippen molar-refractivity contribution in [2.45, 2.75) is 19.0 Å². The van der Waals surface area contributed by atoms with Crippen molar-refractivity contribution in [3.8, 4) is 11.1 Å². The van der Waals surface area contributed by atoms with Crippen LogP contribution in [0.25, 0.3) is 22.2 Å². The molecule has 0 aliphatic heterocycles. The molecule has 0 N–H and O–H groups in total. The van der Waals surface area contributed by atoms with Gasteiger partial charge >= 0.3 is 6.18 Å². The number of halogens is 4. The van der Waals surface area contributed by atoms with Crippen LogP contribution >= 0.6 is 0 Å². The second kappa shape index (κ2) is 6.55. The van der Waals surface area contributed by atoms with E-state index in [9.17, 15) is 21.8 Å². The molecule has 0 unspecified atom stereocenters. The summed E-state index contributed by atoms with van der Waals surface area (Å²) in [4.78, 5) is 4.11. The van der Waals surface area contributed by atoms with Crippen LogP contribution in [-0.2, 0) is 22.9 Å². The third kappa shape index (κ3) is 3.41. The fourth-order valence-corrected chi connectivity index (χ4v) is 3.07. The first-order valence-electron chi connectivity index (χ1n) is 7.34. The maximum Gasteiger partial charge on any atom is 0.419 e. The average molecular weight is 371 g/mol. The maximum atomic E-state index is 14.3. The van der Waals surface area contributed by atoms with Gasteiger partial charge in [0.15, 0.2) is 0 Å². The minimum atomic E-state index is -4.78. The Labute approximate surface area is 142 Å². The van der Waals surface area contributed by atoms with Crippen LogP contribution in [0.1, 0.15) is 12.5 Å². The van der Waals surface area contributed by atoms with Crippen LogP contribution < -0.4 is 0 Å². The fraction of sp³-hybridized carbons (Fsp3) is 0.250. The van der Waals surface area contributed by atoms with Gasteiger partial charge in [0.1, 0.15) is 17.2 Å². The van der Waals surface area contributed by atoms with E-state index in [0.717, 1.165) is 6.07 Å². The highest BCUT2D eigenvalue weighted by Crippen LogP contribution is 2.35. The highest BCUT2D eigenvalue weighted by Gasteiger charge is 2.35. The van der Waals surface area contributed by atoms with E-state index in [2.05, 4.69) is 10.1 Å². The lowest BCUT2D eigenvalue weighted by Gasteiger charge is -2.11. The first-order valence-corrected chi connectivity index (χ1v) is 8.82. The van der Waals surface area contributed by atoms with E-state index in [4.69, 9.17) is 0 Å². The number of hydrogen-bond acceptors (Lipinski definition) is 3. The molecule has 3 aromatic rings. The molecule has 3 rings (SSSR count). The number of fused-ring (bicyclic) bond motifs is 1. The van der Waals surface area contributed by atoms with Gasteiger partial charge in [-0.2, -0.15) is 18.3 Å². The summed E-state index contributed by atoms with van der Waals surface area (Å²) in [5.74, 6) is -0.771. The van der Waals surface area contributed by atoms with Crippen molar-refractivity contribution in [1.29, 1.82) is 0 Å². The first kappa shape index (κ1) is 17.5. The molecule has 4 nitrogen and oxygen atoms in total. The topological polar surface area (TPSA) is 47.8 Å². The molecule has 0 spiro atoms. The van der Waals surface area contributed by atoms with Gasteiger partial charge in [-0.05, 0) is 12.1 Å². The largest absolute Gasteiger partial charge is 0.419 e. The van der Waals surface area contributed by atoms with E-state index in [-0.39, 0.29) is 17.0 Å². The molecule has 132 valence electrons. The minimum absolute atomic E-state index is 0.135. The number of pyridine rings is 1.